The van der Waals surface area contributed by atoms with Crippen molar-refractivity contribution in [3.05, 3.63) is 29.8 Å². The first-order valence-electron chi connectivity index (χ1n) is 5.88. The summed E-state index contributed by atoms with van der Waals surface area (Å²) in [6.07, 6.45) is 1.16. The van der Waals surface area contributed by atoms with E-state index in [9.17, 15) is 0 Å². The average molecular weight is 237 g/mol. The summed E-state index contributed by atoms with van der Waals surface area (Å²) in [6, 6.07) is 7.65. The fourth-order valence-corrected chi connectivity index (χ4v) is 1.85. The van der Waals surface area contributed by atoms with Crippen LogP contribution in [0.15, 0.2) is 24.3 Å². The SMILES string of the molecule is COc1cccc(C(N)COC2CCOC2)c1. The van der Waals surface area contributed by atoms with Gasteiger partial charge in [-0.1, -0.05) is 12.1 Å². The first-order chi connectivity index (χ1) is 8.29. The third kappa shape index (κ3) is 3.43. The van der Waals surface area contributed by atoms with Crippen LogP contribution in [0, 0.1) is 0 Å². The van der Waals surface area contributed by atoms with Gasteiger partial charge in [0, 0.05) is 6.61 Å². The van der Waals surface area contributed by atoms with E-state index in [0.717, 1.165) is 24.3 Å². The van der Waals surface area contributed by atoms with Crippen LogP contribution in [0.2, 0.25) is 0 Å². The molecule has 2 N–H and O–H groups in total. The predicted molar refractivity (Wildman–Crippen MR) is 65.1 cm³/mol. The van der Waals surface area contributed by atoms with Crippen LogP contribution in [-0.2, 0) is 9.47 Å². The Morgan fingerprint density at radius 3 is 3.12 bits per heavy atom. The monoisotopic (exact) mass is 237 g/mol. The fourth-order valence-electron chi connectivity index (χ4n) is 1.85. The lowest BCUT2D eigenvalue weighted by atomic mass is 10.1. The maximum absolute atomic E-state index is 6.08. The molecule has 0 amide bonds. The summed E-state index contributed by atoms with van der Waals surface area (Å²) in [7, 11) is 1.65. The van der Waals surface area contributed by atoms with Gasteiger partial charge >= 0.3 is 0 Å². The van der Waals surface area contributed by atoms with Crippen LogP contribution >= 0.6 is 0 Å². The van der Waals surface area contributed by atoms with Crippen molar-refractivity contribution in [2.24, 2.45) is 5.73 Å². The fraction of sp³-hybridized carbons (Fsp3) is 0.538. The van der Waals surface area contributed by atoms with Gasteiger partial charge < -0.3 is 19.9 Å². The zero-order valence-electron chi connectivity index (χ0n) is 10.1. The highest BCUT2D eigenvalue weighted by molar-refractivity contribution is 5.30. The van der Waals surface area contributed by atoms with Crippen molar-refractivity contribution in [3.8, 4) is 5.75 Å². The van der Waals surface area contributed by atoms with E-state index in [1.54, 1.807) is 7.11 Å². The summed E-state index contributed by atoms with van der Waals surface area (Å²) in [6.45, 7) is 1.99. The molecule has 1 aromatic carbocycles. The number of rotatable bonds is 5. The van der Waals surface area contributed by atoms with Gasteiger partial charge in [-0.15, -0.1) is 0 Å². The predicted octanol–water partition coefficient (Wildman–Crippen LogP) is 1.50. The molecule has 17 heavy (non-hydrogen) atoms. The molecule has 0 bridgehead atoms. The highest BCUT2D eigenvalue weighted by atomic mass is 16.5. The minimum atomic E-state index is -0.120. The van der Waals surface area contributed by atoms with E-state index in [1.807, 2.05) is 24.3 Å². The van der Waals surface area contributed by atoms with Gasteiger partial charge in [0.05, 0.1) is 32.5 Å². The molecule has 0 radical (unpaired) electrons. The molecule has 2 atom stereocenters. The highest BCUT2D eigenvalue weighted by Crippen LogP contribution is 2.19. The normalized spacial score (nSPS) is 21.4. The molecule has 0 aliphatic carbocycles. The molecular weight excluding hydrogens is 218 g/mol. The maximum atomic E-state index is 6.08. The van der Waals surface area contributed by atoms with Gasteiger partial charge in [-0.05, 0) is 24.1 Å². The molecule has 1 saturated heterocycles. The molecule has 1 heterocycles. The number of hydrogen-bond acceptors (Lipinski definition) is 4. The molecule has 0 spiro atoms. The molecule has 4 heteroatoms. The van der Waals surface area contributed by atoms with Crippen molar-refractivity contribution in [2.75, 3.05) is 26.9 Å². The van der Waals surface area contributed by atoms with Gasteiger partial charge in [0.15, 0.2) is 0 Å². The Bertz CT molecular complexity index is 350. The van der Waals surface area contributed by atoms with E-state index in [1.165, 1.54) is 0 Å². The van der Waals surface area contributed by atoms with E-state index < -0.39 is 0 Å². The molecule has 1 fully saturated rings. The Balaban J connectivity index is 1.87. The number of nitrogens with two attached hydrogens (primary N) is 1. The van der Waals surface area contributed by atoms with E-state index in [4.69, 9.17) is 19.9 Å². The Labute approximate surface area is 102 Å². The van der Waals surface area contributed by atoms with Crippen LogP contribution in [0.1, 0.15) is 18.0 Å². The first kappa shape index (κ1) is 12.4. The molecule has 1 aromatic rings. The first-order valence-corrected chi connectivity index (χ1v) is 5.88. The number of ether oxygens (including phenoxy) is 3. The van der Waals surface area contributed by atoms with Crippen molar-refractivity contribution in [2.45, 2.75) is 18.6 Å². The van der Waals surface area contributed by atoms with E-state index in [-0.39, 0.29) is 12.1 Å². The summed E-state index contributed by atoms with van der Waals surface area (Å²) in [4.78, 5) is 0. The number of hydrogen-bond donors (Lipinski definition) is 1. The summed E-state index contributed by atoms with van der Waals surface area (Å²) in [5, 5.41) is 0. The van der Waals surface area contributed by atoms with Crippen molar-refractivity contribution >= 4 is 0 Å². The van der Waals surface area contributed by atoms with E-state index in [0.29, 0.717) is 13.2 Å². The smallest absolute Gasteiger partial charge is 0.119 e. The second-order valence-corrected chi connectivity index (χ2v) is 4.20. The van der Waals surface area contributed by atoms with E-state index >= 15 is 0 Å². The summed E-state index contributed by atoms with van der Waals surface area (Å²) >= 11 is 0. The molecule has 1 aliphatic rings. The number of methoxy groups -OCH3 is 1. The molecule has 2 rings (SSSR count). The quantitative estimate of drug-likeness (QED) is 0.843. The van der Waals surface area contributed by atoms with Gasteiger partial charge in [-0.3, -0.25) is 0 Å². The van der Waals surface area contributed by atoms with Crippen LogP contribution in [0.25, 0.3) is 0 Å². The van der Waals surface area contributed by atoms with Crippen molar-refractivity contribution in [3.63, 3.8) is 0 Å². The van der Waals surface area contributed by atoms with Gasteiger partial charge in [0.1, 0.15) is 5.75 Å². The third-order valence-electron chi connectivity index (χ3n) is 2.92. The number of benzene rings is 1. The van der Waals surface area contributed by atoms with Gasteiger partial charge in [0.25, 0.3) is 0 Å². The second kappa shape index (κ2) is 6.00. The third-order valence-corrected chi connectivity index (χ3v) is 2.92. The molecule has 94 valence electrons. The summed E-state index contributed by atoms with van der Waals surface area (Å²) in [5.41, 5.74) is 7.11. The largest absolute Gasteiger partial charge is 0.497 e. The van der Waals surface area contributed by atoms with E-state index in [2.05, 4.69) is 0 Å². The zero-order chi connectivity index (χ0) is 12.1. The maximum Gasteiger partial charge on any atom is 0.119 e. The van der Waals surface area contributed by atoms with Crippen LogP contribution in [0.3, 0.4) is 0 Å². The Morgan fingerprint density at radius 1 is 1.53 bits per heavy atom. The van der Waals surface area contributed by atoms with Gasteiger partial charge in [0.2, 0.25) is 0 Å². The lowest BCUT2D eigenvalue weighted by molar-refractivity contribution is 0.0349. The standard InChI is InChI=1S/C13H19NO3/c1-15-11-4-2-3-10(7-11)13(14)9-17-12-5-6-16-8-12/h2-4,7,12-13H,5-6,8-9,14H2,1H3. The van der Waals surface area contributed by atoms with Crippen LogP contribution in [0.5, 0.6) is 5.75 Å². The molecule has 0 aromatic heterocycles. The van der Waals surface area contributed by atoms with Gasteiger partial charge in [-0.2, -0.15) is 0 Å². The van der Waals surface area contributed by atoms with Gasteiger partial charge in [-0.25, -0.2) is 0 Å². The molecular formula is C13H19NO3. The molecule has 0 saturated carbocycles. The Morgan fingerprint density at radius 2 is 2.41 bits per heavy atom. The van der Waals surface area contributed by atoms with Crippen LogP contribution in [-0.4, -0.2) is 33.0 Å². The van der Waals surface area contributed by atoms with Crippen molar-refractivity contribution in [1.82, 2.24) is 0 Å². The minimum Gasteiger partial charge on any atom is -0.497 e. The second-order valence-electron chi connectivity index (χ2n) is 4.20. The molecule has 2 unspecified atom stereocenters. The summed E-state index contributed by atoms with van der Waals surface area (Å²) < 4.78 is 16.1. The minimum absolute atomic E-state index is 0.120. The molecule has 1 aliphatic heterocycles. The van der Waals surface area contributed by atoms with Crippen molar-refractivity contribution < 1.29 is 14.2 Å². The summed E-state index contributed by atoms with van der Waals surface area (Å²) in [5.74, 6) is 0.821. The lowest BCUT2D eigenvalue weighted by Gasteiger charge is -2.16. The molecule has 4 nitrogen and oxygen atoms in total. The Kier molecular flexibility index (Phi) is 4.36. The van der Waals surface area contributed by atoms with Crippen LogP contribution in [0.4, 0.5) is 0 Å². The average Bonchev–Trinajstić information content (AvgIpc) is 2.89. The van der Waals surface area contributed by atoms with Crippen LogP contribution < -0.4 is 10.5 Å². The zero-order valence-corrected chi connectivity index (χ0v) is 10.1. The highest BCUT2D eigenvalue weighted by Gasteiger charge is 2.17. The topological polar surface area (TPSA) is 53.7 Å². The lowest BCUT2D eigenvalue weighted by Crippen LogP contribution is -2.22. The van der Waals surface area contributed by atoms with Crippen molar-refractivity contribution in [1.29, 1.82) is 0 Å². The Hall–Kier alpha value is -1.10.